The van der Waals surface area contributed by atoms with Crippen LogP contribution < -0.4 is 4.72 Å². The van der Waals surface area contributed by atoms with E-state index in [9.17, 15) is 17.6 Å². The molecule has 0 aliphatic heterocycles. The Balaban J connectivity index is 2.36. The number of aliphatic carboxylic acids is 1. The number of unbranched alkanes of at least 4 members (excludes halogenated alkanes) is 3. The average molecular weight is 382 g/mol. The van der Waals surface area contributed by atoms with Crippen LogP contribution >= 0.6 is 15.9 Å². The maximum atomic E-state index is 13.3. The third-order valence-electron chi connectivity index (χ3n) is 2.81. The molecule has 0 fully saturated rings. The van der Waals surface area contributed by atoms with Gasteiger partial charge in [-0.25, -0.2) is 17.5 Å². The number of hydrogen-bond donors (Lipinski definition) is 2. The van der Waals surface area contributed by atoms with Crippen molar-refractivity contribution in [1.29, 1.82) is 0 Å². The topological polar surface area (TPSA) is 83.5 Å². The molecule has 0 saturated heterocycles. The van der Waals surface area contributed by atoms with Crippen molar-refractivity contribution < 1.29 is 22.7 Å². The summed E-state index contributed by atoms with van der Waals surface area (Å²) >= 11 is 2.96. The fourth-order valence-electron chi connectivity index (χ4n) is 1.69. The highest BCUT2D eigenvalue weighted by Crippen LogP contribution is 2.19. The van der Waals surface area contributed by atoms with E-state index in [-0.39, 0.29) is 22.3 Å². The van der Waals surface area contributed by atoms with Gasteiger partial charge >= 0.3 is 5.97 Å². The van der Waals surface area contributed by atoms with Crippen LogP contribution in [0.2, 0.25) is 0 Å². The summed E-state index contributed by atoms with van der Waals surface area (Å²) in [6.07, 6.45) is 2.80. The Hall–Kier alpha value is -0.990. The van der Waals surface area contributed by atoms with E-state index in [2.05, 4.69) is 20.7 Å². The highest BCUT2D eigenvalue weighted by molar-refractivity contribution is 9.10. The number of nitrogens with one attached hydrogen (secondary N) is 1. The predicted molar refractivity (Wildman–Crippen MR) is 80.0 cm³/mol. The second kappa shape index (κ2) is 8.45. The number of sulfonamides is 1. The Morgan fingerprint density at radius 2 is 1.90 bits per heavy atom. The lowest BCUT2D eigenvalue weighted by Crippen LogP contribution is -2.24. The van der Waals surface area contributed by atoms with Crippen molar-refractivity contribution in [2.45, 2.75) is 37.0 Å². The van der Waals surface area contributed by atoms with Crippen LogP contribution in [0.1, 0.15) is 32.1 Å². The summed E-state index contributed by atoms with van der Waals surface area (Å²) in [4.78, 5) is 10.2. The zero-order valence-corrected chi connectivity index (χ0v) is 13.7. The normalized spacial score (nSPS) is 11.5. The van der Waals surface area contributed by atoms with Crippen LogP contribution in [-0.4, -0.2) is 26.0 Å². The van der Waals surface area contributed by atoms with Crippen molar-refractivity contribution in [3.8, 4) is 0 Å². The van der Waals surface area contributed by atoms with Crippen LogP contribution in [0.5, 0.6) is 0 Å². The fraction of sp³-hybridized carbons (Fsp3) is 0.462. The molecule has 0 aliphatic rings. The Kier molecular flexibility index (Phi) is 7.27. The molecule has 0 heterocycles. The Morgan fingerprint density at radius 1 is 1.24 bits per heavy atom. The first-order valence-electron chi connectivity index (χ1n) is 6.49. The van der Waals surface area contributed by atoms with Crippen molar-refractivity contribution >= 4 is 31.9 Å². The van der Waals surface area contributed by atoms with Gasteiger partial charge in [-0.05, 0) is 47.0 Å². The smallest absolute Gasteiger partial charge is 0.303 e. The first-order valence-corrected chi connectivity index (χ1v) is 8.77. The van der Waals surface area contributed by atoms with Crippen LogP contribution in [0, 0.1) is 5.82 Å². The summed E-state index contributed by atoms with van der Waals surface area (Å²) < 4.78 is 39.7. The standard InChI is InChI=1S/C13H17BrFNO4S/c14-11-7-6-10(9-12(11)15)21(19,20)16-8-4-2-1-3-5-13(17)18/h6-7,9,16H,1-5,8H2,(H,17,18). The average Bonchev–Trinajstić information content (AvgIpc) is 2.40. The van der Waals surface area contributed by atoms with Crippen molar-refractivity contribution in [1.82, 2.24) is 4.72 Å². The summed E-state index contributed by atoms with van der Waals surface area (Å²) in [6.45, 7) is 0.243. The van der Waals surface area contributed by atoms with Crippen LogP contribution in [0.15, 0.2) is 27.6 Å². The van der Waals surface area contributed by atoms with Crippen molar-refractivity contribution in [3.05, 3.63) is 28.5 Å². The van der Waals surface area contributed by atoms with E-state index in [0.29, 0.717) is 12.8 Å². The van der Waals surface area contributed by atoms with Gasteiger partial charge in [0.1, 0.15) is 5.82 Å². The molecule has 0 amide bonds. The second-order valence-electron chi connectivity index (χ2n) is 4.53. The van der Waals surface area contributed by atoms with Crippen LogP contribution in [0.3, 0.4) is 0 Å². The number of carboxylic acids is 1. The van der Waals surface area contributed by atoms with Gasteiger partial charge in [-0.15, -0.1) is 0 Å². The van der Waals surface area contributed by atoms with Crippen LogP contribution in [0.4, 0.5) is 4.39 Å². The van der Waals surface area contributed by atoms with Gasteiger partial charge in [0.15, 0.2) is 0 Å². The zero-order chi connectivity index (χ0) is 15.9. The SMILES string of the molecule is O=C(O)CCCCCCNS(=O)(=O)c1ccc(Br)c(F)c1. The van der Waals surface area contributed by atoms with Gasteiger partial charge in [0.25, 0.3) is 0 Å². The van der Waals surface area contributed by atoms with E-state index in [1.807, 2.05) is 0 Å². The lowest BCUT2D eigenvalue weighted by atomic mass is 10.1. The molecule has 0 saturated carbocycles. The molecule has 0 spiro atoms. The molecule has 8 heteroatoms. The Bertz CT molecular complexity index is 592. The van der Waals surface area contributed by atoms with Crippen molar-refractivity contribution in [2.24, 2.45) is 0 Å². The monoisotopic (exact) mass is 381 g/mol. The molecule has 0 bridgehead atoms. The van der Waals surface area contributed by atoms with Crippen molar-refractivity contribution in [3.63, 3.8) is 0 Å². The summed E-state index contributed by atoms with van der Waals surface area (Å²) in [7, 11) is -3.71. The van der Waals surface area contributed by atoms with E-state index >= 15 is 0 Å². The number of benzene rings is 1. The number of rotatable bonds is 9. The molecule has 1 aromatic carbocycles. The minimum Gasteiger partial charge on any atom is -0.481 e. The highest BCUT2D eigenvalue weighted by Gasteiger charge is 2.15. The molecule has 0 aliphatic carbocycles. The molecular formula is C13H17BrFNO4S. The van der Waals surface area contributed by atoms with E-state index in [1.165, 1.54) is 12.1 Å². The summed E-state index contributed by atoms with van der Waals surface area (Å²) in [5, 5.41) is 8.47. The minimum atomic E-state index is -3.71. The number of carboxylic acid groups (broad SMARTS) is 1. The van der Waals surface area contributed by atoms with Gasteiger partial charge in [-0.3, -0.25) is 4.79 Å². The third-order valence-corrected chi connectivity index (χ3v) is 4.91. The van der Waals surface area contributed by atoms with Crippen molar-refractivity contribution in [2.75, 3.05) is 6.54 Å². The zero-order valence-electron chi connectivity index (χ0n) is 11.3. The minimum absolute atomic E-state index is 0.117. The van der Waals surface area contributed by atoms with E-state index in [4.69, 9.17) is 5.11 Å². The molecule has 0 atom stereocenters. The lowest BCUT2D eigenvalue weighted by molar-refractivity contribution is -0.137. The molecule has 1 rings (SSSR count). The summed E-state index contributed by atoms with van der Waals surface area (Å²) in [6, 6.07) is 3.62. The van der Waals surface area contributed by atoms with Crippen LogP contribution in [-0.2, 0) is 14.8 Å². The highest BCUT2D eigenvalue weighted by atomic mass is 79.9. The van der Waals surface area contributed by atoms with E-state index in [1.54, 1.807) is 0 Å². The maximum Gasteiger partial charge on any atom is 0.303 e. The Labute approximate surface area is 131 Å². The molecule has 1 aromatic rings. The summed E-state index contributed by atoms with van der Waals surface area (Å²) in [5.41, 5.74) is 0. The quantitative estimate of drug-likeness (QED) is 0.644. The van der Waals surface area contributed by atoms with Gasteiger partial charge in [0, 0.05) is 13.0 Å². The molecule has 0 aromatic heterocycles. The Morgan fingerprint density at radius 3 is 2.52 bits per heavy atom. The predicted octanol–water partition coefficient (Wildman–Crippen LogP) is 2.90. The van der Waals surface area contributed by atoms with Gasteiger partial charge in [0.2, 0.25) is 10.0 Å². The maximum absolute atomic E-state index is 13.3. The molecule has 5 nitrogen and oxygen atoms in total. The molecule has 2 N–H and O–H groups in total. The largest absolute Gasteiger partial charge is 0.481 e. The molecule has 118 valence electrons. The fourth-order valence-corrected chi connectivity index (χ4v) is 3.02. The summed E-state index contributed by atoms with van der Waals surface area (Å²) in [5.74, 6) is -1.46. The van der Waals surface area contributed by atoms with Gasteiger partial charge in [-0.1, -0.05) is 12.8 Å². The molecular weight excluding hydrogens is 365 g/mol. The lowest BCUT2D eigenvalue weighted by Gasteiger charge is -2.07. The van der Waals surface area contributed by atoms with Crippen LogP contribution in [0.25, 0.3) is 0 Å². The van der Waals surface area contributed by atoms with Gasteiger partial charge in [-0.2, -0.15) is 0 Å². The first-order chi connectivity index (χ1) is 9.83. The van der Waals surface area contributed by atoms with E-state index < -0.39 is 21.8 Å². The van der Waals surface area contributed by atoms with E-state index in [0.717, 1.165) is 18.9 Å². The third kappa shape index (κ3) is 6.54. The first kappa shape index (κ1) is 18.1. The second-order valence-corrected chi connectivity index (χ2v) is 7.15. The molecule has 0 radical (unpaired) electrons. The van der Waals surface area contributed by atoms with Gasteiger partial charge in [0.05, 0.1) is 9.37 Å². The molecule has 21 heavy (non-hydrogen) atoms. The number of halogens is 2. The molecule has 0 unspecified atom stereocenters. The number of hydrogen-bond acceptors (Lipinski definition) is 3. The van der Waals surface area contributed by atoms with Gasteiger partial charge < -0.3 is 5.11 Å². The number of carbonyl (C=O) groups is 1.